The maximum absolute atomic E-state index is 13.9. The van der Waals surface area contributed by atoms with Crippen LogP contribution < -0.4 is 19.9 Å². The first-order valence-corrected chi connectivity index (χ1v) is 11.8. The first-order valence-electron chi connectivity index (χ1n) is 11.8. The van der Waals surface area contributed by atoms with Gasteiger partial charge in [0, 0.05) is 35.4 Å². The zero-order valence-electron chi connectivity index (χ0n) is 21.0. The maximum atomic E-state index is 13.9. The highest BCUT2D eigenvalue weighted by Crippen LogP contribution is 2.44. The number of fused-ring (bicyclic) bond motifs is 1. The fourth-order valence-electron chi connectivity index (χ4n) is 4.17. The average molecular weight is 512 g/mol. The monoisotopic (exact) mass is 511 g/mol. The van der Waals surface area contributed by atoms with E-state index in [-0.39, 0.29) is 38.4 Å². The first-order chi connectivity index (χ1) is 17.6. The van der Waals surface area contributed by atoms with Gasteiger partial charge in [-0.2, -0.15) is 4.39 Å². The number of rotatable bonds is 10. The molecule has 1 aliphatic heterocycles. The van der Waals surface area contributed by atoms with Gasteiger partial charge in [0.1, 0.15) is 24.5 Å². The molecule has 3 heterocycles. The highest BCUT2D eigenvalue weighted by Gasteiger charge is 2.38. The van der Waals surface area contributed by atoms with Crippen LogP contribution in [0.15, 0.2) is 42.6 Å². The molecule has 10 heteroatoms. The minimum Gasteiger partial charge on any atom is -0.493 e. The van der Waals surface area contributed by atoms with Crippen molar-refractivity contribution in [3.63, 3.8) is 0 Å². The van der Waals surface area contributed by atoms with Crippen LogP contribution in [-0.2, 0) is 11.1 Å². The van der Waals surface area contributed by atoms with Crippen LogP contribution in [-0.4, -0.2) is 52.9 Å². The van der Waals surface area contributed by atoms with Gasteiger partial charge in [-0.3, -0.25) is 4.79 Å². The van der Waals surface area contributed by atoms with Crippen LogP contribution in [0.25, 0.3) is 11.3 Å². The summed E-state index contributed by atoms with van der Waals surface area (Å²) < 4.78 is 30.4. The second kappa shape index (κ2) is 10.4. The molecule has 0 amide bonds. The van der Waals surface area contributed by atoms with Crippen molar-refractivity contribution in [2.75, 3.05) is 26.9 Å². The van der Waals surface area contributed by atoms with Crippen molar-refractivity contribution < 1.29 is 33.6 Å². The fraction of sp³-hybridized carbons (Fsp3) is 0.370. The Labute approximate surface area is 214 Å². The Morgan fingerprint density at radius 1 is 1.27 bits per heavy atom. The maximum Gasteiger partial charge on any atom is 0.213 e. The highest BCUT2D eigenvalue weighted by atomic mass is 19.1. The van der Waals surface area contributed by atoms with Crippen molar-refractivity contribution in [2.45, 2.75) is 37.8 Å². The quantitative estimate of drug-likeness (QED) is 0.277. The summed E-state index contributed by atoms with van der Waals surface area (Å²) in [4.78, 5) is 21.2. The zero-order valence-corrected chi connectivity index (χ0v) is 21.0. The molecule has 4 N–H and O–H groups in total. The Morgan fingerprint density at radius 3 is 2.76 bits per heavy atom. The Hall–Kier alpha value is -3.60. The number of pyridine rings is 2. The molecule has 0 radical (unpaired) electrons. The van der Waals surface area contributed by atoms with Crippen molar-refractivity contribution >= 4 is 5.78 Å². The third kappa shape index (κ3) is 5.56. The largest absolute Gasteiger partial charge is 0.493 e. The van der Waals surface area contributed by atoms with Crippen LogP contribution in [0.4, 0.5) is 4.39 Å². The molecular weight excluding hydrogens is 481 g/mol. The van der Waals surface area contributed by atoms with Crippen LogP contribution in [0, 0.1) is 5.95 Å². The van der Waals surface area contributed by atoms with Gasteiger partial charge in [-0.15, -0.1) is 0 Å². The predicted molar refractivity (Wildman–Crippen MR) is 133 cm³/mol. The molecule has 0 aliphatic carbocycles. The molecular formula is C27H30FN3O6. The lowest BCUT2D eigenvalue weighted by atomic mass is 9.88. The third-order valence-electron chi connectivity index (χ3n) is 6.33. The van der Waals surface area contributed by atoms with E-state index < -0.39 is 17.1 Å². The van der Waals surface area contributed by atoms with E-state index in [0.29, 0.717) is 45.3 Å². The molecule has 2 unspecified atom stereocenters. The van der Waals surface area contributed by atoms with E-state index in [9.17, 15) is 14.3 Å². The van der Waals surface area contributed by atoms with Crippen molar-refractivity contribution in [1.29, 1.82) is 0 Å². The summed E-state index contributed by atoms with van der Waals surface area (Å²) in [5.74, 6) is 0.323. The van der Waals surface area contributed by atoms with Gasteiger partial charge in [0.15, 0.2) is 23.0 Å². The number of nitrogens with zero attached hydrogens (tertiary/aromatic N) is 2. The zero-order chi connectivity index (χ0) is 26.8. The van der Waals surface area contributed by atoms with Crippen molar-refractivity contribution in [3.05, 3.63) is 65.4 Å². The van der Waals surface area contributed by atoms with Crippen molar-refractivity contribution in [2.24, 2.45) is 5.73 Å². The summed E-state index contributed by atoms with van der Waals surface area (Å²) in [5.41, 5.74) is 6.20. The molecule has 0 spiro atoms. The van der Waals surface area contributed by atoms with E-state index in [1.54, 1.807) is 44.2 Å². The average Bonchev–Trinajstić information content (AvgIpc) is 3.19. The van der Waals surface area contributed by atoms with Gasteiger partial charge in [-0.05, 0) is 50.6 Å². The van der Waals surface area contributed by atoms with Gasteiger partial charge in [0.2, 0.25) is 5.95 Å². The summed E-state index contributed by atoms with van der Waals surface area (Å²) in [5, 5.41) is 20.4. The molecule has 0 fully saturated rings. The van der Waals surface area contributed by atoms with E-state index in [2.05, 4.69) is 9.97 Å². The van der Waals surface area contributed by atoms with Gasteiger partial charge in [0.05, 0.1) is 24.9 Å². The predicted octanol–water partition coefficient (Wildman–Crippen LogP) is 3.10. The molecule has 2 atom stereocenters. The highest BCUT2D eigenvalue weighted by molar-refractivity contribution is 5.96. The molecule has 3 aromatic rings. The number of methoxy groups -OCH3 is 1. The number of hydrogen-bond donors (Lipinski definition) is 3. The van der Waals surface area contributed by atoms with Crippen LogP contribution in [0.2, 0.25) is 0 Å². The summed E-state index contributed by atoms with van der Waals surface area (Å²) in [7, 11) is 1.46. The second-order valence-electron chi connectivity index (χ2n) is 9.44. The number of hydrogen-bond acceptors (Lipinski definition) is 9. The van der Waals surface area contributed by atoms with E-state index in [1.165, 1.54) is 19.4 Å². The molecule has 1 aliphatic rings. The first kappa shape index (κ1) is 26.5. The lowest BCUT2D eigenvalue weighted by molar-refractivity contribution is 0.0396. The molecule has 4 rings (SSSR count). The standard InChI is InChI=1S/C27H30FN3O6/c1-26(29)15-37-25-18(26)14-22(31-24(25)17-7-9-30-23(28)13-17)27(2,34)8-6-19(33)16-4-5-20(36-11-10-32)21(12-16)35-3/h4-5,7,9,12-14,32,34H,6,8,10-11,15,29H2,1-3H3. The number of carbonyl (C=O) groups excluding carboxylic acids is 1. The molecule has 1 aromatic carbocycles. The van der Waals surface area contributed by atoms with Crippen LogP contribution in [0.1, 0.15) is 48.3 Å². The Balaban J connectivity index is 1.61. The fourth-order valence-corrected chi connectivity index (χ4v) is 4.17. The number of benzene rings is 1. The van der Waals surface area contributed by atoms with Gasteiger partial charge in [0.25, 0.3) is 0 Å². The Kier molecular flexibility index (Phi) is 7.44. The normalized spacial score (nSPS) is 18.0. The molecule has 0 saturated heterocycles. The number of aromatic nitrogens is 2. The van der Waals surface area contributed by atoms with E-state index in [4.69, 9.17) is 25.1 Å². The summed E-state index contributed by atoms with van der Waals surface area (Å²) in [6.07, 6.45) is 1.41. The lowest BCUT2D eigenvalue weighted by Gasteiger charge is -2.25. The molecule has 196 valence electrons. The molecule has 0 saturated carbocycles. The number of nitrogens with two attached hydrogens (primary N) is 1. The smallest absolute Gasteiger partial charge is 0.213 e. The summed E-state index contributed by atoms with van der Waals surface area (Å²) >= 11 is 0. The lowest BCUT2D eigenvalue weighted by Crippen LogP contribution is -2.35. The number of aliphatic hydroxyl groups is 2. The van der Waals surface area contributed by atoms with E-state index in [0.717, 1.165) is 0 Å². The van der Waals surface area contributed by atoms with Crippen molar-refractivity contribution in [3.8, 4) is 28.5 Å². The molecule has 2 aromatic heterocycles. The Morgan fingerprint density at radius 2 is 2.05 bits per heavy atom. The minimum absolute atomic E-state index is 0.0153. The number of ketones is 1. The number of aliphatic hydroxyl groups excluding tert-OH is 1. The van der Waals surface area contributed by atoms with Crippen LogP contribution in [0.5, 0.6) is 17.2 Å². The van der Waals surface area contributed by atoms with E-state index in [1.807, 2.05) is 0 Å². The van der Waals surface area contributed by atoms with Gasteiger partial charge in [-0.25, -0.2) is 9.97 Å². The third-order valence-corrected chi connectivity index (χ3v) is 6.33. The Bertz CT molecular complexity index is 1310. The topological polar surface area (TPSA) is 137 Å². The number of ether oxygens (including phenoxy) is 3. The molecule has 9 nitrogen and oxygen atoms in total. The molecule has 37 heavy (non-hydrogen) atoms. The van der Waals surface area contributed by atoms with Gasteiger partial charge in [-0.1, -0.05) is 0 Å². The number of halogens is 1. The van der Waals surface area contributed by atoms with E-state index >= 15 is 0 Å². The van der Waals surface area contributed by atoms with Gasteiger partial charge >= 0.3 is 0 Å². The van der Waals surface area contributed by atoms with Gasteiger partial charge < -0.3 is 30.2 Å². The second-order valence-corrected chi connectivity index (χ2v) is 9.44. The summed E-state index contributed by atoms with van der Waals surface area (Å²) in [6.45, 7) is 3.53. The summed E-state index contributed by atoms with van der Waals surface area (Å²) in [6, 6.07) is 9.29. The number of carbonyl (C=O) groups is 1. The minimum atomic E-state index is -1.50. The van der Waals surface area contributed by atoms with Crippen molar-refractivity contribution in [1.82, 2.24) is 9.97 Å². The van der Waals surface area contributed by atoms with Crippen LogP contribution >= 0.6 is 0 Å². The SMILES string of the molecule is COc1cc(C(=O)CCC(C)(O)c2cc3c(c(-c4ccnc(F)c4)n2)OCC3(C)N)ccc1OCCO. The van der Waals surface area contributed by atoms with Crippen LogP contribution in [0.3, 0.4) is 0 Å². The number of Topliss-reactive ketones (excluding diaryl/α,β-unsaturated/α-hetero) is 1. The molecule has 0 bridgehead atoms.